The fraction of sp³-hybridized carbons (Fsp3) is 0.625. The summed E-state index contributed by atoms with van der Waals surface area (Å²) in [5, 5.41) is 13.2. The highest BCUT2D eigenvalue weighted by Gasteiger charge is 2.37. The Morgan fingerprint density at radius 1 is 1.38 bits per heavy atom. The normalized spacial score (nSPS) is 19.3. The molecule has 1 heterocycles. The van der Waals surface area contributed by atoms with E-state index in [0.717, 1.165) is 25.9 Å². The van der Waals surface area contributed by atoms with E-state index in [1.54, 1.807) is 0 Å². The molecule has 1 aromatic carbocycles. The van der Waals surface area contributed by atoms with Crippen molar-refractivity contribution in [2.45, 2.75) is 44.4 Å². The summed E-state index contributed by atoms with van der Waals surface area (Å²) in [5.74, 6) is -1.01. The Morgan fingerprint density at radius 3 is 2.50 bits per heavy atom. The van der Waals surface area contributed by atoms with Gasteiger partial charge in [0.15, 0.2) is 5.82 Å². The number of benzene rings is 1. The lowest BCUT2D eigenvalue weighted by molar-refractivity contribution is 0.293. The SMILES string of the molecule is CC(C)(C)[S+]([O-])NC(c1c(O)cc(Cl)c(Cl)c1F)C1CCNCC1. The lowest BCUT2D eigenvalue weighted by Gasteiger charge is -2.34. The number of hydrogen-bond donors (Lipinski definition) is 3. The molecule has 0 aliphatic carbocycles. The Morgan fingerprint density at radius 2 is 1.96 bits per heavy atom. The highest BCUT2D eigenvalue weighted by molar-refractivity contribution is 7.90. The number of nitrogens with one attached hydrogen (secondary N) is 2. The molecular formula is C16H23Cl2FN2O2S. The Labute approximate surface area is 155 Å². The molecule has 0 radical (unpaired) electrons. The van der Waals surface area contributed by atoms with Gasteiger partial charge in [0, 0.05) is 17.4 Å². The molecule has 1 aliphatic rings. The molecule has 1 aromatic rings. The van der Waals surface area contributed by atoms with E-state index in [1.807, 2.05) is 20.8 Å². The number of piperidine rings is 1. The summed E-state index contributed by atoms with van der Waals surface area (Å²) >= 11 is 10.3. The van der Waals surface area contributed by atoms with Crippen LogP contribution >= 0.6 is 23.2 Å². The molecule has 4 nitrogen and oxygen atoms in total. The van der Waals surface area contributed by atoms with E-state index in [0.29, 0.717) is 0 Å². The fourth-order valence-electron chi connectivity index (χ4n) is 2.75. The second-order valence-electron chi connectivity index (χ2n) is 6.98. The second kappa shape index (κ2) is 7.98. The third-order valence-corrected chi connectivity index (χ3v) is 6.48. The van der Waals surface area contributed by atoms with E-state index in [4.69, 9.17) is 23.2 Å². The Hall–Kier alpha value is -0.240. The van der Waals surface area contributed by atoms with Crippen molar-refractivity contribution < 1.29 is 14.0 Å². The number of rotatable bonds is 4. The van der Waals surface area contributed by atoms with Crippen LogP contribution in [0, 0.1) is 11.7 Å². The maximum absolute atomic E-state index is 14.7. The van der Waals surface area contributed by atoms with Crippen LogP contribution in [-0.4, -0.2) is 27.5 Å². The van der Waals surface area contributed by atoms with Gasteiger partial charge in [-0.3, -0.25) is 0 Å². The lowest BCUT2D eigenvalue weighted by atomic mass is 9.86. The van der Waals surface area contributed by atoms with Crippen molar-refractivity contribution in [2.24, 2.45) is 5.92 Å². The van der Waals surface area contributed by atoms with Gasteiger partial charge < -0.3 is 15.0 Å². The van der Waals surface area contributed by atoms with Crippen molar-refractivity contribution in [1.29, 1.82) is 0 Å². The topological polar surface area (TPSA) is 67.3 Å². The van der Waals surface area contributed by atoms with Crippen LogP contribution < -0.4 is 10.0 Å². The molecule has 24 heavy (non-hydrogen) atoms. The van der Waals surface area contributed by atoms with Crippen LogP contribution in [0.2, 0.25) is 10.0 Å². The van der Waals surface area contributed by atoms with Gasteiger partial charge in [-0.25, -0.2) is 4.39 Å². The molecule has 0 bridgehead atoms. The number of phenols is 1. The molecule has 1 saturated heterocycles. The van der Waals surface area contributed by atoms with Gasteiger partial charge >= 0.3 is 0 Å². The van der Waals surface area contributed by atoms with Gasteiger partial charge in [0.2, 0.25) is 0 Å². The molecule has 0 aromatic heterocycles. The molecule has 136 valence electrons. The molecule has 0 spiro atoms. The van der Waals surface area contributed by atoms with E-state index < -0.39 is 28.0 Å². The summed E-state index contributed by atoms with van der Waals surface area (Å²) in [6, 6.07) is 0.625. The summed E-state index contributed by atoms with van der Waals surface area (Å²) in [7, 11) is 0. The average molecular weight is 397 g/mol. The van der Waals surface area contributed by atoms with Crippen molar-refractivity contribution in [3.63, 3.8) is 0 Å². The highest BCUT2D eigenvalue weighted by atomic mass is 35.5. The summed E-state index contributed by atoms with van der Waals surface area (Å²) < 4.78 is 29.8. The van der Waals surface area contributed by atoms with Crippen LogP contribution in [0.3, 0.4) is 0 Å². The Bertz CT molecular complexity index is 592. The van der Waals surface area contributed by atoms with Crippen LogP contribution in [0.1, 0.15) is 45.2 Å². The average Bonchev–Trinajstić information content (AvgIpc) is 2.51. The molecular weight excluding hydrogens is 374 g/mol. The second-order valence-corrected chi connectivity index (χ2v) is 9.77. The van der Waals surface area contributed by atoms with Crippen molar-refractivity contribution in [1.82, 2.24) is 10.0 Å². The zero-order valence-corrected chi connectivity index (χ0v) is 16.3. The molecule has 0 saturated carbocycles. The van der Waals surface area contributed by atoms with E-state index in [9.17, 15) is 14.0 Å². The maximum Gasteiger partial charge on any atom is 0.151 e. The van der Waals surface area contributed by atoms with Gasteiger partial charge in [0.05, 0.1) is 21.7 Å². The Kier molecular flexibility index (Phi) is 6.67. The first-order valence-corrected chi connectivity index (χ1v) is 9.78. The number of aromatic hydroxyl groups is 1. The van der Waals surface area contributed by atoms with E-state index in [1.165, 1.54) is 6.07 Å². The summed E-state index contributed by atoms with van der Waals surface area (Å²) in [6.45, 7) is 7.07. The minimum Gasteiger partial charge on any atom is -0.598 e. The van der Waals surface area contributed by atoms with Crippen molar-refractivity contribution in [3.8, 4) is 5.75 Å². The quantitative estimate of drug-likeness (QED) is 0.532. The van der Waals surface area contributed by atoms with Gasteiger partial charge in [-0.1, -0.05) is 23.2 Å². The third-order valence-electron chi connectivity index (χ3n) is 4.13. The van der Waals surface area contributed by atoms with Gasteiger partial charge in [0.1, 0.15) is 10.5 Å². The summed E-state index contributed by atoms with van der Waals surface area (Å²) in [5.41, 5.74) is 0.0360. The molecule has 8 heteroatoms. The van der Waals surface area contributed by atoms with Gasteiger partial charge in [-0.15, -0.1) is 4.72 Å². The van der Waals surface area contributed by atoms with Crippen LogP contribution in [0.4, 0.5) is 4.39 Å². The first-order valence-electron chi connectivity index (χ1n) is 7.88. The van der Waals surface area contributed by atoms with Crippen LogP contribution in [0.25, 0.3) is 0 Å². The third kappa shape index (κ3) is 4.48. The standard InChI is InChI=1S/C16H23Cl2FN2O2S/c1-16(2,3)24(23)21-15(9-4-6-20-7-5-9)12-11(22)8-10(17)13(18)14(12)19/h8-9,15,20-22H,4-7H2,1-3H3. The minimum atomic E-state index is -1.42. The van der Waals surface area contributed by atoms with Crippen LogP contribution in [0.15, 0.2) is 6.07 Å². The van der Waals surface area contributed by atoms with Gasteiger partial charge in [0.25, 0.3) is 0 Å². The fourth-order valence-corrected chi connectivity index (χ4v) is 3.99. The predicted molar refractivity (Wildman–Crippen MR) is 97.5 cm³/mol. The molecule has 1 aliphatic heterocycles. The predicted octanol–water partition coefficient (Wildman–Crippen LogP) is 3.93. The maximum atomic E-state index is 14.7. The number of hydrogen-bond acceptors (Lipinski definition) is 4. The van der Waals surface area contributed by atoms with Crippen molar-refractivity contribution in [2.75, 3.05) is 13.1 Å². The molecule has 1 fully saturated rings. The van der Waals surface area contributed by atoms with E-state index in [-0.39, 0.29) is 27.3 Å². The van der Waals surface area contributed by atoms with Crippen molar-refractivity contribution in [3.05, 3.63) is 27.5 Å². The zero-order valence-electron chi connectivity index (χ0n) is 14.0. The lowest BCUT2D eigenvalue weighted by Crippen LogP contribution is -2.45. The van der Waals surface area contributed by atoms with Gasteiger partial charge in [-0.05, 0) is 52.6 Å². The molecule has 2 atom stereocenters. The van der Waals surface area contributed by atoms with E-state index in [2.05, 4.69) is 10.0 Å². The summed E-state index contributed by atoms with van der Waals surface area (Å²) in [6.07, 6.45) is 1.55. The minimum absolute atomic E-state index is 0.0233. The monoisotopic (exact) mass is 396 g/mol. The smallest absolute Gasteiger partial charge is 0.151 e. The molecule has 3 N–H and O–H groups in total. The molecule has 2 unspecified atom stereocenters. The number of halogens is 3. The largest absolute Gasteiger partial charge is 0.598 e. The number of phenolic OH excluding ortho intramolecular Hbond substituents is 1. The molecule has 2 rings (SSSR count). The van der Waals surface area contributed by atoms with Crippen LogP contribution in [0.5, 0.6) is 5.75 Å². The van der Waals surface area contributed by atoms with Gasteiger partial charge in [-0.2, -0.15) is 0 Å². The van der Waals surface area contributed by atoms with Crippen molar-refractivity contribution >= 4 is 34.6 Å². The summed E-state index contributed by atoms with van der Waals surface area (Å²) in [4.78, 5) is 0. The Balaban J connectivity index is 2.44. The first kappa shape index (κ1) is 20.1. The van der Waals surface area contributed by atoms with Crippen LogP contribution in [-0.2, 0) is 11.4 Å². The molecule has 0 amide bonds. The van der Waals surface area contributed by atoms with E-state index >= 15 is 0 Å². The zero-order chi connectivity index (χ0) is 18.1. The first-order chi connectivity index (χ1) is 11.1. The highest BCUT2D eigenvalue weighted by Crippen LogP contribution is 2.41.